The monoisotopic (exact) mass is 267 g/mol. The van der Waals surface area contributed by atoms with Crippen LogP contribution in [-0.4, -0.2) is 23.0 Å². The predicted octanol–water partition coefficient (Wildman–Crippen LogP) is 3.13. The molecule has 0 spiro atoms. The summed E-state index contributed by atoms with van der Waals surface area (Å²) in [6.45, 7) is 8.66. The van der Waals surface area contributed by atoms with Crippen molar-refractivity contribution >= 4 is 11.8 Å². The molecule has 0 aliphatic heterocycles. The fraction of sp³-hybridized carbons (Fsp3) is 0.600. The summed E-state index contributed by atoms with van der Waals surface area (Å²) in [6, 6.07) is 6.45. The fourth-order valence-electron chi connectivity index (χ4n) is 2.05. The number of rotatable bonds is 6. The highest BCUT2D eigenvalue weighted by Gasteiger charge is 2.20. The topological polar surface area (TPSA) is 46.2 Å². The molecule has 18 heavy (non-hydrogen) atoms. The molecule has 0 saturated heterocycles. The van der Waals surface area contributed by atoms with Crippen molar-refractivity contribution in [1.29, 1.82) is 0 Å². The van der Waals surface area contributed by atoms with Crippen LogP contribution in [0.25, 0.3) is 0 Å². The lowest BCUT2D eigenvalue weighted by molar-refractivity contribution is 0.275. The maximum absolute atomic E-state index is 9.52. The van der Waals surface area contributed by atoms with Crippen LogP contribution in [-0.2, 0) is 0 Å². The molecule has 0 fully saturated rings. The first-order valence-electron chi connectivity index (χ1n) is 6.54. The van der Waals surface area contributed by atoms with E-state index >= 15 is 0 Å². The summed E-state index contributed by atoms with van der Waals surface area (Å²) >= 11 is 1.70. The smallest absolute Gasteiger partial charge is 0.0568 e. The third kappa shape index (κ3) is 4.63. The van der Waals surface area contributed by atoms with Crippen molar-refractivity contribution in [2.45, 2.75) is 50.3 Å². The summed E-state index contributed by atoms with van der Waals surface area (Å²) in [5.74, 6) is 0.564. The number of benzene rings is 1. The van der Waals surface area contributed by atoms with Gasteiger partial charge in [0.05, 0.1) is 6.61 Å². The SMILES string of the molecule is Cc1ccc(SC(CO)C(N)CC(C)C)c(C)c1. The highest BCUT2D eigenvalue weighted by atomic mass is 32.2. The summed E-state index contributed by atoms with van der Waals surface area (Å²) in [7, 11) is 0. The van der Waals surface area contributed by atoms with Crippen molar-refractivity contribution in [3.8, 4) is 0 Å². The Bertz CT molecular complexity index is 379. The van der Waals surface area contributed by atoms with Crippen LogP contribution in [0.15, 0.2) is 23.1 Å². The summed E-state index contributed by atoms with van der Waals surface area (Å²) in [5.41, 5.74) is 8.70. The average molecular weight is 267 g/mol. The molecule has 2 unspecified atom stereocenters. The van der Waals surface area contributed by atoms with E-state index in [1.807, 2.05) is 0 Å². The van der Waals surface area contributed by atoms with Crippen molar-refractivity contribution in [3.63, 3.8) is 0 Å². The number of hydrogen-bond acceptors (Lipinski definition) is 3. The van der Waals surface area contributed by atoms with Gasteiger partial charge in [-0.05, 0) is 37.8 Å². The van der Waals surface area contributed by atoms with Crippen molar-refractivity contribution in [2.75, 3.05) is 6.61 Å². The predicted molar refractivity (Wildman–Crippen MR) is 80.1 cm³/mol. The van der Waals surface area contributed by atoms with Gasteiger partial charge in [-0.15, -0.1) is 11.8 Å². The molecule has 102 valence electrons. The van der Waals surface area contributed by atoms with Crippen LogP contribution in [0.5, 0.6) is 0 Å². The van der Waals surface area contributed by atoms with Gasteiger partial charge in [-0.1, -0.05) is 31.5 Å². The maximum Gasteiger partial charge on any atom is 0.0568 e. The molecule has 2 nitrogen and oxygen atoms in total. The van der Waals surface area contributed by atoms with Crippen LogP contribution in [0.1, 0.15) is 31.4 Å². The van der Waals surface area contributed by atoms with E-state index in [0.29, 0.717) is 5.92 Å². The number of thioether (sulfide) groups is 1. The molecule has 0 bridgehead atoms. The number of aryl methyl sites for hydroxylation is 2. The summed E-state index contributed by atoms with van der Waals surface area (Å²) in [4.78, 5) is 1.22. The third-order valence-corrected chi connectivity index (χ3v) is 4.52. The number of aliphatic hydroxyl groups is 1. The standard InChI is InChI=1S/C15H25NOS/c1-10(2)7-13(16)15(9-17)18-14-6-5-11(3)8-12(14)4/h5-6,8,10,13,15,17H,7,9,16H2,1-4H3. The first kappa shape index (κ1) is 15.5. The van der Waals surface area contributed by atoms with E-state index in [1.54, 1.807) is 11.8 Å². The molecule has 0 aromatic heterocycles. The zero-order valence-electron chi connectivity index (χ0n) is 11.8. The van der Waals surface area contributed by atoms with Gasteiger partial charge < -0.3 is 10.8 Å². The van der Waals surface area contributed by atoms with Crippen LogP contribution < -0.4 is 5.73 Å². The molecular formula is C15H25NOS. The van der Waals surface area contributed by atoms with Crippen LogP contribution in [0, 0.1) is 19.8 Å². The molecule has 0 saturated carbocycles. The van der Waals surface area contributed by atoms with E-state index in [-0.39, 0.29) is 17.9 Å². The Balaban J connectivity index is 2.73. The minimum Gasteiger partial charge on any atom is -0.395 e. The Labute approximate surface area is 115 Å². The second-order valence-electron chi connectivity index (χ2n) is 5.40. The zero-order valence-corrected chi connectivity index (χ0v) is 12.6. The van der Waals surface area contributed by atoms with Gasteiger partial charge in [0, 0.05) is 16.2 Å². The van der Waals surface area contributed by atoms with Crippen LogP contribution in [0.2, 0.25) is 0 Å². The number of nitrogens with two attached hydrogens (primary N) is 1. The van der Waals surface area contributed by atoms with Gasteiger partial charge in [-0.25, -0.2) is 0 Å². The van der Waals surface area contributed by atoms with Crippen molar-refractivity contribution < 1.29 is 5.11 Å². The molecule has 0 heterocycles. The molecule has 1 rings (SSSR count). The maximum atomic E-state index is 9.52. The fourth-order valence-corrected chi connectivity index (χ4v) is 3.13. The van der Waals surface area contributed by atoms with Crippen molar-refractivity contribution in [1.82, 2.24) is 0 Å². The molecular weight excluding hydrogens is 242 g/mol. The van der Waals surface area contributed by atoms with E-state index in [9.17, 15) is 5.11 Å². The number of aliphatic hydroxyl groups excluding tert-OH is 1. The van der Waals surface area contributed by atoms with Crippen LogP contribution in [0.3, 0.4) is 0 Å². The molecule has 3 heteroatoms. The lowest BCUT2D eigenvalue weighted by Gasteiger charge is -2.23. The summed E-state index contributed by atoms with van der Waals surface area (Å²) in [6.07, 6.45) is 0.948. The first-order chi connectivity index (χ1) is 8.43. The van der Waals surface area contributed by atoms with Gasteiger partial charge in [0.2, 0.25) is 0 Å². The van der Waals surface area contributed by atoms with Gasteiger partial charge in [-0.3, -0.25) is 0 Å². The third-order valence-electron chi connectivity index (χ3n) is 3.01. The van der Waals surface area contributed by atoms with Crippen LogP contribution >= 0.6 is 11.8 Å². The quantitative estimate of drug-likeness (QED) is 0.778. The van der Waals surface area contributed by atoms with Gasteiger partial charge >= 0.3 is 0 Å². The van der Waals surface area contributed by atoms with E-state index in [4.69, 9.17) is 5.73 Å². The Morgan fingerprint density at radius 1 is 1.28 bits per heavy atom. The minimum absolute atomic E-state index is 0.0423. The van der Waals surface area contributed by atoms with Gasteiger partial charge in [-0.2, -0.15) is 0 Å². The van der Waals surface area contributed by atoms with E-state index < -0.39 is 0 Å². The van der Waals surface area contributed by atoms with Gasteiger partial charge in [0.25, 0.3) is 0 Å². The lowest BCUT2D eigenvalue weighted by atomic mass is 10.0. The normalized spacial score (nSPS) is 14.8. The Hall–Kier alpha value is -0.510. The van der Waals surface area contributed by atoms with E-state index in [2.05, 4.69) is 45.9 Å². The second-order valence-corrected chi connectivity index (χ2v) is 6.68. The summed E-state index contributed by atoms with van der Waals surface area (Å²) in [5, 5.41) is 9.59. The van der Waals surface area contributed by atoms with Crippen molar-refractivity contribution in [3.05, 3.63) is 29.3 Å². The molecule has 3 N–H and O–H groups in total. The zero-order chi connectivity index (χ0) is 13.7. The largest absolute Gasteiger partial charge is 0.395 e. The Kier molecular flexibility index (Phi) is 6.19. The molecule has 1 aromatic rings. The highest BCUT2D eigenvalue weighted by Crippen LogP contribution is 2.29. The van der Waals surface area contributed by atoms with Crippen LogP contribution in [0.4, 0.5) is 0 Å². The minimum atomic E-state index is 0.0423. The van der Waals surface area contributed by atoms with E-state index in [1.165, 1.54) is 16.0 Å². The van der Waals surface area contributed by atoms with Crippen molar-refractivity contribution in [2.24, 2.45) is 11.7 Å². The highest BCUT2D eigenvalue weighted by molar-refractivity contribution is 8.00. The summed E-state index contributed by atoms with van der Waals surface area (Å²) < 4.78 is 0. The lowest BCUT2D eigenvalue weighted by Crippen LogP contribution is -2.36. The molecule has 2 atom stereocenters. The van der Waals surface area contributed by atoms with Gasteiger partial charge in [0.15, 0.2) is 0 Å². The Morgan fingerprint density at radius 2 is 1.94 bits per heavy atom. The number of hydrogen-bond donors (Lipinski definition) is 2. The molecule has 0 amide bonds. The Morgan fingerprint density at radius 3 is 2.44 bits per heavy atom. The second kappa shape index (κ2) is 7.17. The van der Waals surface area contributed by atoms with Gasteiger partial charge in [0.1, 0.15) is 0 Å². The molecule has 0 radical (unpaired) electrons. The van der Waals surface area contributed by atoms with E-state index in [0.717, 1.165) is 6.42 Å². The molecule has 1 aromatic carbocycles. The molecule has 0 aliphatic carbocycles. The molecule has 0 aliphatic rings. The first-order valence-corrected chi connectivity index (χ1v) is 7.42. The average Bonchev–Trinajstić information content (AvgIpc) is 2.27.